The van der Waals surface area contributed by atoms with Crippen molar-refractivity contribution in [3.05, 3.63) is 34.2 Å². The molecular weight excluding hydrogens is 256 g/mol. The van der Waals surface area contributed by atoms with E-state index in [9.17, 15) is 4.79 Å². The second-order valence-corrected chi connectivity index (χ2v) is 4.84. The van der Waals surface area contributed by atoms with Gasteiger partial charge in [-0.25, -0.2) is 4.99 Å². The molecule has 0 amide bonds. The van der Waals surface area contributed by atoms with Crippen molar-refractivity contribution >= 4 is 5.96 Å². The van der Waals surface area contributed by atoms with Crippen LogP contribution in [0.1, 0.15) is 25.3 Å². The van der Waals surface area contributed by atoms with Gasteiger partial charge in [-0.1, -0.05) is 6.07 Å². The van der Waals surface area contributed by atoms with Crippen LogP contribution in [0.15, 0.2) is 28.1 Å². The standard InChI is InChI=1S/C14H22N4O2/c1-2-18-7-3-5-11(13(18)19)9-16-14(15)17-10-12-6-4-8-20-12/h3,5,7,12H,2,4,6,8-10H2,1H3,(H3,15,16,17). The van der Waals surface area contributed by atoms with E-state index in [1.807, 2.05) is 13.0 Å². The summed E-state index contributed by atoms with van der Waals surface area (Å²) in [4.78, 5) is 16.2. The molecule has 0 bridgehead atoms. The van der Waals surface area contributed by atoms with Gasteiger partial charge in [-0.15, -0.1) is 0 Å². The van der Waals surface area contributed by atoms with Crippen molar-refractivity contribution in [2.75, 3.05) is 13.2 Å². The number of nitrogens with one attached hydrogen (secondary N) is 1. The van der Waals surface area contributed by atoms with Gasteiger partial charge in [0.05, 0.1) is 12.6 Å². The summed E-state index contributed by atoms with van der Waals surface area (Å²) in [5.74, 6) is 0.354. The van der Waals surface area contributed by atoms with Gasteiger partial charge in [0, 0.05) is 31.5 Å². The molecule has 1 unspecified atom stereocenters. The molecule has 6 nitrogen and oxygen atoms in total. The maximum absolute atomic E-state index is 12.0. The molecule has 6 heteroatoms. The van der Waals surface area contributed by atoms with Crippen molar-refractivity contribution in [3.8, 4) is 0 Å². The lowest BCUT2D eigenvalue weighted by atomic mass is 10.2. The number of guanidine groups is 1. The molecule has 1 saturated heterocycles. The summed E-state index contributed by atoms with van der Waals surface area (Å²) >= 11 is 0. The molecule has 0 aliphatic carbocycles. The fraction of sp³-hybridized carbons (Fsp3) is 0.571. The van der Waals surface area contributed by atoms with Gasteiger partial charge in [-0.2, -0.15) is 0 Å². The second kappa shape index (κ2) is 7.09. The summed E-state index contributed by atoms with van der Waals surface area (Å²) in [6.45, 7) is 4.38. The van der Waals surface area contributed by atoms with Gasteiger partial charge in [-0.05, 0) is 25.8 Å². The Hall–Kier alpha value is -1.82. The Kier molecular flexibility index (Phi) is 5.17. The SMILES string of the molecule is CCn1cccc(CN=C(N)NCC2CCCO2)c1=O. The molecule has 0 aromatic carbocycles. The van der Waals surface area contributed by atoms with E-state index in [0.717, 1.165) is 19.4 Å². The van der Waals surface area contributed by atoms with Crippen molar-refractivity contribution in [2.45, 2.75) is 39.0 Å². The second-order valence-electron chi connectivity index (χ2n) is 4.84. The summed E-state index contributed by atoms with van der Waals surface area (Å²) < 4.78 is 7.14. The third kappa shape index (κ3) is 3.84. The number of aryl methyl sites for hydroxylation is 1. The first-order valence-corrected chi connectivity index (χ1v) is 7.04. The molecule has 0 saturated carbocycles. The van der Waals surface area contributed by atoms with Gasteiger partial charge >= 0.3 is 0 Å². The predicted octanol–water partition coefficient (Wildman–Crippen LogP) is 0.452. The summed E-state index contributed by atoms with van der Waals surface area (Å²) in [6, 6.07) is 3.64. The minimum absolute atomic E-state index is 0.00863. The molecule has 1 atom stereocenters. The summed E-state index contributed by atoms with van der Waals surface area (Å²) in [5, 5.41) is 3.04. The minimum atomic E-state index is -0.00863. The van der Waals surface area contributed by atoms with Crippen LogP contribution >= 0.6 is 0 Å². The first-order chi connectivity index (χ1) is 9.70. The Labute approximate surface area is 118 Å². The Morgan fingerprint density at radius 1 is 1.65 bits per heavy atom. The highest BCUT2D eigenvalue weighted by molar-refractivity contribution is 5.77. The molecule has 1 aromatic heterocycles. The van der Waals surface area contributed by atoms with E-state index in [1.54, 1.807) is 16.8 Å². The Balaban J connectivity index is 1.89. The zero-order valence-electron chi connectivity index (χ0n) is 11.8. The average Bonchev–Trinajstić information content (AvgIpc) is 2.97. The molecular formula is C14H22N4O2. The summed E-state index contributed by atoms with van der Waals surface area (Å²) in [7, 11) is 0. The maximum atomic E-state index is 12.0. The smallest absolute Gasteiger partial charge is 0.255 e. The van der Waals surface area contributed by atoms with Gasteiger partial charge in [-0.3, -0.25) is 4.79 Å². The van der Waals surface area contributed by atoms with E-state index in [4.69, 9.17) is 10.5 Å². The number of hydrogen-bond donors (Lipinski definition) is 2. The maximum Gasteiger partial charge on any atom is 0.255 e. The molecule has 2 rings (SSSR count). The Morgan fingerprint density at radius 2 is 2.50 bits per heavy atom. The van der Waals surface area contributed by atoms with E-state index in [-0.39, 0.29) is 11.7 Å². The van der Waals surface area contributed by atoms with Crippen molar-refractivity contribution in [1.29, 1.82) is 0 Å². The van der Waals surface area contributed by atoms with Crippen LogP contribution in [-0.2, 0) is 17.8 Å². The van der Waals surface area contributed by atoms with Gasteiger partial charge in [0.2, 0.25) is 0 Å². The van der Waals surface area contributed by atoms with E-state index in [2.05, 4.69) is 10.3 Å². The number of hydrogen-bond acceptors (Lipinski definition) is 3. The largest absolute Gasteiger partial charge is 0.376 e. The molecule has 1 aliphatic rings. The number of aliphatic imine (C=N–C) groups is 1. The zero-order valence-corrected chi connectivity index (χ0v) is 11.8. The number of nitrogens with zero attached hydrogens (tertiary/aromatic N) is 2. The monoisotopic (exact) mass is 278 g/mol. The highest BCUT2D eigenvalue weighted by atomic mass is 16.5. The number of nitrogens with two attached hydrogens (primary N) is 1. The lowest BCUT2D eigenvalue weighted by molar-refractivity contribution is 0.114. The average molecular weight is 278 g/mol. The van der Waals surface area contributed by atoms with Crippen molar-refractivity contribution in [3.63, 3.8) is 0 Å². The lowest BCUT2D eigenvalue weighted by Gasteiger charge is -2.11. The van der Waals surface area contributed by atoms with Crippen molar-refractivity contribution < 1.29 is 4.74 Å². The number of ether oxygens (including phenoxy) is 1. The quantitative estimate of drug-likeness (QED) is 0.605. The third-order valence-corrected chi connectivity index (χ3v) is 3.39. The van der Waals surface area contributed by atoms with Crippen LogP contribution in [0.25, 0.3) is 0 Å². The first-order valence-electron chi connectivity index (χ1n) is 7.04. The van der Waals surface area contributed by atoms with Gasteiger partial charge in [0.15, 0.2) is 5.96 Å². The van der Waals surface area contributed by atoms with E-state index in [0.29, 0.717) is 31.2 Å². The number of rotatable bonds is 5. The van der Waals surface area contributed by atoms with Crippen LogP contribution in [0.5, 0.6) is 0 Å². The Bertz CT molecular complexity index is 518. The summed E-state index contributed by atoms with van der Waals surface area (Å²) in [5.41, 5.74) is 6.44. The van der Waals surface area contributed by atoms with E-state index >= 15 is 0 Å². The fourth-order valence-corrected chi connectivity index (χ4v) is 2.21. The zero-order chi connectivity index (χ0) is 14.4. The van der Waals surface area contributed by atoms with Crippen molar-refractivity contribution in [2.24, 2.45) is 10.7 Å². The molecule has 1 aromatic rings. The predicted molar refractivity (Wildman–Crippen MR) is 78.7 cm³/mol. The van der Waals surface area contributed by atoms with Crippen LogP contribution in [0.4, 0.5) is 0 Å². The topological polar surface area (TPSA) is 81.6 Å². The normalized spacial score (nSPS) is 19.2. The minimum Gasteiger partial charge on any atom is -0.376 e. The highest BCUT2D eigenvalue weighted by Gasteiger charge is 2.14. The van der Waals surface area contributed by atoms with E-state index < -0.39 is 0 Å². The van der Waals surface area contributed by atoms with Gasteiger partial charge < -0.3 is 20.4 Å². The van der Waals surface area contributed by atoms with E-state index in [1.165, 1.54) is 0 Å². The van der Waals surface area contributed by atoms with Crippen LogP contribution in [0, 0.1) is 0 Å². The number of pyridine rings is 1. The van der Waals surface area contributed by atoms with Crippen LogP contribution < -0.4 is 16.6 Å². The molecule has 110 valence electrons. The number of aromatic nitrogens is 1. The van der Waals surface area contributed by atoms with Gasteiger partial charge in [0.25, 0.3) is 5.56 Å². The molecule has 3 N–H and O–H groups in total. The fourth-order valence-electron chi connectivity index (χ4n) is 2.21. The lowest BCUT2D eigenvalue weighted by Crippen LogP contribution is -2.37. The molecule has 1 fully saturated rings. The third-order valence-electron chi connectivity index (χ3n) is 3.39. The molecule has 20 heavy (non-hydrogen) atoms. The Morgan fingerprint density at radius 3 is 3.20 bits per heavy atom. The van der Waals surface area contributed by atoms with Gasteiger partial charge in [0.1, 0.15) is 0 Å². The molecule has 0 spiro atoms. The first kappa shape index (κ1) is 14.6. The van der Waals surface area contributed by atoms with Crippen molar-refractivity contribution in [1.82, 2.24) is 9.88 Å². The van der Waals surface area contributed by atoms with Crippen LogP contribution in [-0.4, -0.2) is 29.8 Å². The molecule has 1 aliphatic heterocycles. The van der Waals surface area contributed by atoms with Crippen LogP contribution in [0.3, 0.4) is 0 Å². The van der Waals surface area contributed by atoms with Crippen LogP contribution in [0.2, 0.25) is 0 Å². The summed E-state index contributed by atoms with van der Waals surface area (Å²) in [6.07, 6.45) is 4.15. The molecule has 0 radical (unpaired) electrons. The highest BCUT2D eigenvalue weighted by Crippen LogP contribution is 2.10. The molecule has 2 heterocycles.